The predicted molar refractivity (Wildman–Crippen MR) is 82.1 cm³/mol. The zero-order valence-electron chi connectivity index (χ0n) is 11.5. The van der Waals surface area contributed by atoms with E-state index in [1.165, 1.54) is 13.2 Å². The van der Waals surface area contributed by atoms with Crippen LogP contribution in [0.15, 0.2) is 53.0 Å². The minimum atomic E-state index is -0.626. The number of carbonyl (C=O) groups is 1. The van der Waals surface area contributed by atoms with Crippen molar-refractivity contribution < 1.29 is 13.9 Å². The largest absolute Gasteiger partial charge is 0.468 e. The molecule has 0 fully saturated rings. The number of halogens is 2. The van der Waals surface area contributed by atoms with Crippen LogP contribution in [-0.2, 0) is 16.1 Å². The molecule has 1 N–H and O–H groups in total. The van der Waals surface area contributed by atoms with Crippen molar-refractivity contribution in [2.24, 2.45) is 0 Å². The van der Waals surface area contributed by atoms with Gasteiger partial charge in [-0.1, -0.05) is 52.3 Å². The summed E-state index contributed by atoms with van der Waals surface area (Å²) in [7, 11) is 1.33. The van der Waals surface area contributed by atoms with Gasteiger partial charge in [-0.05, 0) is 17.7 Å². The molecule has 5 heteroatoms. The number of hydrogen-bond acceptors (Lipinski definition) is 3. The highest BCUT2D eigenvalue weighted by atomic mass is 79.9. The zero-order valence-corrected chi connectivity index (χ0v) is 13.1. The topological polar surface area (TPSA) is 38.3 Å². The Morgan fingerprint density at radius 1 is 1.29 bits per heavy atom. The van der Waals surface area contributed by atoms with Gasteiger partial charge < -0.3 is 4.74 Å². The van der Waals surface area contributed by atoms with Gasteiger partial charge >= 0.3 is 5.97 Å². The highest BCUT2D eigenvalue weighted by molar-refractivity contribution is 9.10. The molecule has 0 radical (unpaired) electrons. The van der Waals surface area contributed by atoms with Crippen LogP contribution in [0.25, 0.3) is 0 Å². The van der Waals surface area contributed by atoms with Crippen LogP contribution in [0.3, 0.4) is 0 Å². The van der Waals surface area contributed by atoms with Crippen molar-refractivity contribution in [1.82, 2.24) is 5.32 Å². The number of benzene rings is 2. The third-order valence-electron chi connectivity index (χ3n) is 3.08. The average molecular weight is 352 g/mol. The molecule has 0 saturated heterocycles. The highest BCUT2D eigenvalue weighted by Gasteiger charge is 2.20. The monoisotopic (exact) mass is 351 g/mol. The third kappa shape index (κ3) is 4.12. The number of carbonyl (C=O) groups excluding carboxylic acids is 1. The number of esters is 1. The van der Waals surface area contributed by atoms with Gasteiger partial charge in [0.25, 0.3) is 0 Å². The molecule has 0 saturated carbocycles. The van der Waals surface area contributed by atoms with E-state index in [0.29, 0.717) is 10.0 Å². The van der Waals surface area contributed by atoms with Gasteiger partial charge in [0.05, 0.1) is 7.11 Å². The van der Waals surface area contributed by atoms with E-state index in [1.807, 2.05) is 30.3 Å². The average Bonchev–Trinajstić information content (AvgIpc) is 2.50. The summed E-state index contributed by atoms with van der Waals surface area (Å²) < 4.78 is 19.3. The summed E-state index contributed by atoms with van der Waals surface area (Å²) in [5, 5.41) is 3.03. The summed E-state index contributed by atoms with van der Waals surface area (Å²) in [6.45, 7) is 0.230. The summed E-state index contributed by atoms with van der Waals surface area (Å²) >= 11 is 3.21. The number of rotatable bonds is 5. The van der Waals surface area contributed by atoms with Crippen LogP contribution in [0.2, 0.25) is 0 Å². The van der Waals surface area contributed by atoms with Crippen LogP contribution >= 0.6 is 15.9 Å². The summed E-state index contributed by atoms with van der Waals surface area (Å²) in [5.74, 6) is -0.729. The van der Waals surface area contributed by atoms with E-state index >= 15 is 0 Å². The zero-order chi connectivity index (χ0) is 15.2. The normalized spacial score (nSPS) is 12.0. The Morgan fingerprint density at radius 2 is 2.00 bits per heavy atom. The molecular formula is C16H15BrFNO2. The fraction of sp³-hybridized carbons (Fsp3) is 0.188. The molecule has 0 amide bonds. The minimum absolute atomic E-state index is 0.230. The van der Waals surface area contributed by atoms with E-state index < -0.39 is 12.0 Å². The maximum Gasteiger partial charge on any atom is 0.327 e. The fourth-order valence-electron chi connectivity index (χ4n) is 1.98. The lowest BCUT2D eigenvalue weighted by Crippen LogP contribution is -2.29. The number of ether oxygens (including phenoxy) is 1. The second-order valence-electron chi connectivity index (χ2n) is 4.48. The molecule has 2 aromatic rings. The maximum absolute atomic E-state index is 13.8. The molecule has 1 atom stereocenters. The van der Waals surface area contributed by atoms with Crippen LogP contribution in [0.4, 0.5) is 4.39 Å². The van der Waals surface area contributed by atoms with Crippen molar-refractivity contribution in [2.45, 2.75) is 12.6 Å². The second kappa shape index (κ2) is 7.33. The van der Waals surface area contributed by atoms with Gasteiger partial charge in [-0.3, -0.25) is 5.32 Å². The quantitative estimate of drug-likeness (QED) is 0.836. The van der Waals surface area contributed by atoms with Crippen LogP contribution in [0.5, 0.6) is 0 Å². The Labute approximate surface area is 131 Å². The first-order valence-electron chi connectivity index (χ1n) is 6.42. The van der Waals surface area contributed by atoms with Gasteiger partial charge in [-0.25, -0.2) is 9.18 Å². The minimum Gasteiger partial charge on any atom is -0.468 e. The molecule has 0 spiro atoms. The Balaban J connectivity index is 2.15. The first-order chi connectivity index (χ1) is 10.1. The lowest BCUT2D eigenvalue weighted by Gasteiger charge is -2.17. The molecule has 0 aromatic heterocycles. The fourth-order valence-corrected chi connectivity index (χ4v) is 2.31. The van der Waals surface area contributed by atoms with Crippen molar-refractivity contribution in [2.75, 3.05) is 7.11 Å². The standard InChI is InChI=1S/C16H15BrFNO2/c1-21-16(20)15(11-5-3-2-4-6-11)19-10-12-7-8-13(17)9-14(12)18/h2-9,15,19H,10H2,1H3. The second-order valence-corrected chi connectivity index (χ2v) is 5.40. The molecule has 3 nitrogen and oxygen atoms in total. The molecule has 0 aliphatic carbocycles. The summed E-state index contributed by atoms with van der Waals surface area (Å²) in [5.41, 5.74) is 1.27. The van der Waals surface area contributed by atoms with Gasteiger partial charge in [0.15, 0.2) is 0 Å². The van der Waals surface area contributed by atoms with Crippen molar-refractivity contribution in [3.63, 3.8) is 0 Å². The van der Waals surface area contributed by atoms with Crippen molar-refractivity contribution >= 4 is 21.9 Å². The van der Waals surface area contributed by atoms with Crippen LogP contribution in [0.1, 0.15) is 17.2 Å². The molecular weight excluding hydrogens is 337 g/mol. The predicted octanol–water partition coefficient (Wildman–Crippen LogP) is 3.59. The molecule has 110 valence electrons. The molecule has 0 heterocycles. The molecule has 0 bridgehead atoms. The number of hydrogen-bond donors (Lipinski definition) is 1. The molecule has 21 heavy (non-hydrogen) atoms. The van der Waals surface area contributed by atoms with E-state index in [1.54, 1.807) is 12.1 Å². The van der Waals surface area contributed by atoms with Crippen molar-refractivity contribution in [3.05, 3.63) is 69.9 Å². The Bertz CT molecular complexity index is 619. The SMILES string of the molecule is COC(=O)C(NCc1ccc(Br)cc1F)c1ccccc1. The summed E-state index contributed by atoms with van der Waals surface area (Å²) in [4.78, 5) is 11.9. The van der Waals surface area contributed by atoms with E-state index in [2.05, 4.69) is 21.2 Å². The van der Waals surface area contributed by atoms with Gasteiger partial charge in [0.2, 0.25) is 0 Å². The van der Waals surface area contributed by atoms with Crippen LogP contribution in [-0.4, -0.2) is 13.1 Å². The maximum atomic E-state index is 13.8. The number of nitrogens with one attached hydrogen (secondary N) is 1. The molecule has 0 aliphatic heterocycles. The lowest BCUT2D eigenvalue weighted by atomic mass is 10.1. The van der Waals surface area contributed by atoms with Crippen LogP contribution in [0, 0.1) is 5.82 Å². The summed E-state index contributed by atoms with van der Waals surface area (Å²) in [6, 6.07) is 13.4. The molecule has 2 rings (SSSR count). The van der Waals surface area contributed by atoms with Gasteiger partial charge in [0.1, 0.15) is 11.9 Å². The smallest absolute Gasteiger partial charge is 0.327 e. The third-order valence-corrected chi connectivity index (χ3v) is 3.57. The van der Waals surface area contributed by atoms with E-state index in [-0.39, 0.29) is 12.4 Å². The molecule has 1 unspecified atom stereocenters. The van der Waals surface area contributed by atoms with Crippen molar-refractivity contribution in [3.8, 4) is 0 Å². The van der Waals surface area contributed by atoms with Crippen LogP contribution < -0.4 is 5.32 Å². The first-order valence-corrected chi connectivity index (χ1v) is 7.21. The number of methoxy groups -OCH3 is 1. The Hall–Kier alpha value is -1.72. The van der Waals surface area contributed by atoms with E-state index in [4.69, 9.17) is 4.74 Å². The Kier molecular flexibility index (Phi) is 5.47. The molecule has 0 aliphatic rings. The Morgan fingerprint density at radius 3 is 2.62 bits per heavy atom. The molecule has 2 aromatic carbocycles. The van der Waals surface area contributed by atoms with E-state index in [0.717, 1.165) is 5.56 Å². The van der Waals surface area contributed by atoms with Gasteiger partial charge in [-0.15, -0.1) is 0 Å². The lowest BCUT2D eigenvalue weighted by molar-refractivity contribution is -0.143. The van der Waals surface area contributed by atoms with Crippen molar-refractivity contribution in [1.29, 1.82) is 0 Å². The van der Waals surface area contributed by atoms with Gasteiger partial charge in [-0.2, -0.15) is 0 Å². The van der Waals surface area contributed by atoms with E-state index in [9.17, 15) is 9.18 Å². The first kappa shape index (κ1) is 15.7. The summed E-state index contributed by atoms with van der Waals surface area (Å²) in [6.07, 6.45) is 0. The van der Waals surface area contributed by atoms with Gasteiger partial charge in [0, 0.05) is 16.6 Å². The highest BCUT2D eigenvalue weighted by Crippen LogP contribution is 2.18.